The molecule has 0 heterocycles. The van der Waals surface area contributed by atoms with Gasteiger partial charge in [-0.15, -0.1) is 0 Å². The van der Waals surface area contributed by atoms with E-state index in [1.165, 1.54) is 0 Å². The van der Waals surface area contributed by atoms with E-state index in [0.717, 1.165) is 22.3 Å². The molecule has 0 aliphatic heterocycles. The van der Waals surface area contributed by atoms with Crippen LogP contribution in [-0.2, 0) is 9.47 Å². The Hall–Kier alpha value is -2.54. The maximum atomic E-state index is 14.4. The first-order valence-electron chi connectivity index (χ1n) is 9.94. The van der Waals surface area contributed by atoms with Crippen LogP contribution in [-0.4, -0.2) is 41.9 Å². The molecule has 2 aromatic rings. The van der Waals surface area contributed by atoms with Gasteiger partial charge in [0.2, 0.25) is 0 Å². The van der Waals surface area contributed by atoms with Crippen LogP contribution < -0.4 is 0 Å². The standard InChI is InChI=1S/C24H27BrFNO4/c1-14-7-15(2)10-18(9-14)23(28)30-6-5-20(25)22(21(26)13-27)31-24(29)19-11-16(3)8-17(4)12-19/h7-13,20-22,27H,5-6H2,1-4H3/t20-,21+,22+/m0/s1. The zero-order chi connectivity index (χ0) is 23.1. The molecule has 0 spiro atoms. The third kappa shape index (κ3) is 7.28. The molecule has 0 fully saturated rings. The number of rotatable bonds is 9. The molecule has 0 aliphatic carbocycles. The predicted molar refractivity (Wildman–Crippen MR) is 122 cm³/mol. The van der Waals surface area contributed by atoms with Crippen molar-refractivity contribution in [2.24, 2.45) is 0 Å². The molecule has 7 heteroatoms. The van der Waals surface area contributed by atoms with Crippen LogP contribution in [0.1, 0.15) is 49.4 Å². The van der Waals surface area contributed by atoms with Crippen LogP contribution in [0.15, 0.2) is 36.4 Å². The minimum Gasteiger partial charge on any atom is -0.462 e. The number of benzene rings is 2. The number of ether oxygens (including phenoxy) is 2. The van der Waals surface area contributed by atoms with E-state index in [-0.39, 0.29) is 13.0 Å². The van der Waals surface area contributed by atoms with Crippen molar-refractivity contribution in [3.8, 4) is 0 Å². The van der Waals surface area contributed by atoms with E-state index >= 15 is 0 Å². The second-order valence-electron chi connectivity index (χ2n) is 7.67. The van der Waals surface area contributed by atoms with Gasteiger partial charge in [-0.25, -0.2) is 14.0 Å². The summed E-state index contributed by atoms with van der Waals surface area (Å²) in [6, 6.07) is 10.7. The number of carbonyl (C=O) groups is 2. The van der Waals surface area contributed by atoms with Gasteiger partial charge in [-0.05, 0) is 58.4 Å². The molecule has 0 saturated carbocycles. The Morgan fingerprint density at radius 1 is 0.935 bits per heavy atom. The summed E-state index contributed by atoms with van der Waals surface area (Å²) >= 11 is 3.33. The van der Waals surface area contributed by atoms with Gasteiger partial charge in [-0.1, -0.05) is 50.3 Å². The maximum absolute atomic E-state index is 14.4. The van der Waals surface area contributed by atoms with Crippen molar-refractivity contribution < 1.29 is 23.5 Å². The Kier molecular flexibility index (Phi) is 8.92. The smallest absolute Gasteiger partial charge is 0.338 e. The number of hydrogen-bond acceptors (Lipinski definition) is 5. The van der Waals surface area contributed by atoms with E-state index < -0.39 is 29.0 Å². The average Bonchev–Trinajstić information content (AvgIpc) is 2.69. The van der Waals surface area contributed by atoms with Gasteiger partial charge in [0.25, 0.3) is 0 Å². The highest BCUT2D eigenvalue weighted by Gasteiger charge is 2.31. The Morgan fingerprint density at radius 2 is 1.39 bits per heavy atom. The summed E-state index contributed by atoms with van der Waals surface area (Å²) in [6.45, 7) is 7.50. The van der Waals surface area contributed by atoms with Gasteiger partial charge < -0.3 is 14.9 Å². The van der Waals surface area contributed by atoms with E-state index in [9.17, 15) is 14.0 Å². The first-order valence-corrected chi connectivity index (χ1v) is 10.9. The average molecular weight is 492 g/mol. The first kappa shape index (κ1) is 24.7. The van der Waals surface area contributed by atoms with E-state index in [2.05, 4.69) is 15.9 Å². The van der Waals surface area contributed by atoms with Gasteiger partial charge in [0.05, 0.1) is 22.6 Å². The summed E-state index contributed by atoms with van der Waals surface area (Å²) in [5.74, 6) is -1.14. The van der Waals surface area contributed by atoms with E-state index in [1.807, 2.05) is 39.8 Å². The normalized spacial score (nSPS) is 13.7. The number of nitrogens with one attached hydrogen (secondary N) is 1. The Labute approximate surface area is 190 Å². The first-order chi connectivity index (χ1) is 14.6. The van der Waals surface area contributed by atoms with Gasteiger partial charge in [0.1, 0.15) is 0 Å². The van der Waals surface area contributed by atoms with Crippen molar-refractivity contribution in [3.05, 3.63) is 69.8 Å². The summed E-state index contributed by atoms with van der Waals surface area (Å²) in [6.07, 6.45) is -2.23. The van der Waals surface area contributed by atoms with Crippen molar-refractivity contribution in [1.29, 1.82) is 5.41 Å². The van der Waals surface area contributed by atoms with Crippen molar-refractivity contribution in [3.63, 3.8) is 0 Å². The second kappa shape index (κ2) is 11.2. The lowest BCUT2D eigenvalue weighted by Gasteiger charge is -2.24. The highest BCUT2D eigenvalue weighted by molar-refractivity contribution is 9.09. The molecular weight excluding hydrogens is 465 g/mol. The lowest BCUT2D eigenvalue weighted by Crippen LogP contribution is -2.37. The van der Waals surface area contributed by atoms with Gasteiger partial charge in [-0.2, -0.15) is 0 Å². The third-order valence-corrected chi connectivity index (χ3v) is 5.59. The molecular formula is C24H27BrFNO4. The summed E-state index contributed by atoms with van der Waals surface area (Å²) in [4.78, 5) is 24.2. The number of carbonyl (C=O) groups excluding carboxylic acids is 2. The molecule has 0 bridgehead atoms. The Morgan fingerprint density at radius 3 is 1.84 bits per heavy atom. The van der Waals surface area contributed by atoms with Crippen LogP contribution >= 0.6 is 15.9 Å². The van der Waals surface area contributed by atoms with Crippen LogP contribution in [0.25, 0.3) is 0 Å². The van der Waals surface area contributed by atoms with E-state index in [0.29, 0.717) is 17.3 Å². The highest BCUT2D eigenvalue weighted by Crippen LogP contribution is 2.21. The van der Waals surface area contributed by atoms with Crippen molar-refractivity contribution >= 4 is 34.1 Å². The van der Waals surface area contributed by atoms with Crippen LogP contribution in [0.5, 0.6) is 0 Å². The van der Waals surface area contributed by atoms with Gasteiger partial charge >= 0.3 is 11.9 Å². The fourth-order valence-electron chi connectivity index (χ4n) is 3.32. The molecule has 1 N–H and O–H groups in total. The third-order valence-electron chi connectivity index (χ3n) is 4.61. The maximum Gasteiger partial charge on any atom is 0.338 e. The van der Waals surface area contributed by atoms with Crippen LogP contribution in [0.3, 0.4) is 0 Å². The molecule has 5 nitrogen and oxygen atoms in total. The lowest BCUT2D eigenvalue weighted by molar-refractivity contribution is 0.0138. The predicted octanol–water partition coefficient (Wildman–Crippen LogP) is 5.44. The molecule has 3 atom stereocenters. The molecule has 0 unspecified atom stereocenters. The van der Waals surface area contributed by atoms with Crippen molar-refractivity contribution in [2.45, 2.75) is 51.2 Å². The minimum atomic E-state index is -1.80. The molecule has 31 heavy (non-hydrogen) atoms. The largest absolute Gasteiger partial charge is 0.462 e. The van der Waals surface area contributed by atoms with Crippen molar-refractivity contribution in [2.75, 3.05) is 6.61 Å². The van der Waals surface area contributed by atoms with Gasteiger partial charge in [-0.3, -0.25) is 0 Å². The van der Waals surface area contributed by atoms with E-state index in [1.54, 1.807) is 24.3 Å². The zero-order valence-corrected chi connectivity index (χ0v) is 19.7. The number of esters is 2. The molecule has 166 valence electrons. The van der Waals surface area contributed by atoms with Crippen molar-refractivity contribution in [1.82, 2.24) is 0 Å². The quantitative estimate of drug-likeness (QED) is 0.287. The molecule has 0 amide bonds. The lowest BCUT2D eigenvalue weighted by atomic mass is 10.1. The number of aryl methyl sites for hydroxylation is 4. The Balaban J connectivity index is 2.00. The summed E-state index contributed by atoms with van der Waals surface area (Å²) in [5.41, 5.74) is 4.46. The summed E-state index contributed by atoms with van der Waals surface area (Å²) in [7, 11) is 0. The van der Waals surface area contributed by atoms with Crippen LogP contribution in [0, 0.1) is 33.1 Å². The molecule has 0 radical (unpaired) electrons. The van der Waals surface area contributed by atoms with Gasteiger partial charge in [0.15, 0.2) is 12.3 Å². The topological polar surface area (TPSA) is 76.5 Å². The summed E-state index contributed by atoms with van der Waals surface area (Å²) < 4.78 is 25.0. The second-order valence-corrected chi connectivity index (χ2v) is 8.85. The minimum absolute atomic E-state index is 0.00403. The molecule has 0 saturated heterocycles. The molecule has 2 aromatic carbocycles. The van der Waals surface area contributed by atoms with Crippen LogP contribution in [0.4, 0.5) is 4.39 Å². The summed E-state index contributed by atoms with van der Waals surface area (Å²) in [5, 5.41) is 7.25. The number of hydrogen-bond donors (Lipinski definition) is 1. The molecule has 0 aromatic heterocycles. The number of halogens is 2. The van der Waals surface area contributed by atoms with Gasteiger partial charge in [0, 0.05) is 6.21 Å². The highest BCUT2D eigenvalue weighted by atomic mass is 79.9. The molecule has 2 rings (SSSR count). The fraction of sp³-hybridized carbons (Fsp3) is 0.375. The Bertz CT molecular complexity index is 922. The van der Waals surface area contributed by atoms with E-state index in [4.69, 9.17) is 14.9 Å². The number of alkyl halides is 2. The van der Waals surface area contributed by atoms with Crippen LogP contribution in [0.2, 0.25) is 0 Å². The molecule has 0 aliphatic rings. The SMILES string of the molecule is Cc1cc(C)cc(C(=O)OCC[C@H](Br)[C@@H](OC(=O)c2cc(C)cc(C)c2)[C@H](F)C=N)c1. The zero-order valence-electron chi connectivity index (χ0n) is 18.1. The monoisotopic (exact) mass is 491 g/mol. The fourth-order valence-corrected chi connectivity index (χ4v) is 3.91.